The summed E-state index contributed by atoms with van der Waals surface area (Å²) in [6.45, 7) is 4.49. The minimum Gasteiger partial charge on any atom is -0.350 e. The lowest BCUT2D eigenvalue weighted by molar-refractivity contribution is -0.321. The molecular formula is C15H24F3NO3. The monoisotopic (exact) mass is 323 g/mol. The number of hydrogen-bond acceptors (Lipinski definition) is 3. The van der Waals surface area contributed by atoms with E-state index < -0.39 is 24.9 Å². The van der Waals surface area contributed by atoms with E-state index >= 15 is 0 Å². The smallest absolute Gasteiger partial charge is 0.350 e. The Balaban J connectivity index is 1.94. The number of carbonyl (C=O) groups excluding carboxylic acids is 1. The van der Waals surface area contributed by atoms with Gasteiger partial charge in [-0.2, -0.15) is 13.2 Å². The summed E-state index contributed by atoms with van der Waals surface area (Å²) < 4.78 is 42.8. The standard InChI is InChI=1S/C15H24F3NO3/c1-10(2)9-11-12(6-7-15(16,17)18)19(14(11)20)22-13-5-3-4-8-21-13/h10-13H,3-9H2,1-2H3. The van der Waals surface area contributed by atoms with E-state index in [2.05, 4.69) is 0 Å². The lowest BCUT2D eigenvalue weighted by Crippen LogP contribution is -2.62. The molecule has 2 fully saturated rings. The summed E-state index contributed by atoms with van der Waals surface area (Å²) in [7, 11) is 0. The quantitative estimate of drug-likeness (QED) is 0.700. The molecule has 22 heavy (non-hydrogen) atoms. The van der Waals surface area contributed by atoms with E-state index in [1.165, 1.54) is 0 Å². The van der Waals surface area contributed by atoms with Gasteiger partial charge in [-0.25, -0.2) is 9.90 Å². The van der Waals surface area contributed by atoms with Crippen LogP contribution in [0.2, 0.25) is 0 Å². The number of amides is 1. The van der Waals surface area contributed by atoms with Crippen LogP contribution in [-0.2, 0) is 14.4 Å². The molecule has 1 amide bonds. The largest absolute Gasteiger partial charge is 0.389 e. The molecule has 0 bridgehead atoms. The van der Waals surface area contributed by atoms with Crippen LogP contribution in [0.4, 0.5) is 13.2 Å². The first-order valence-corrected chi connectivity index (χ1v) is 7.96. The SMILES string of the molecule is CC(C)CC1C(=O)N(OC2CCCCO2)C1CCC(F)(F)F. The molecule has 0 aliphatic carbocycles. The molecule has 0 saturated carbocycles. The second-order valence-electron chi connectivity index (χ2n) is 6.52. The number of carbonyl (C=O) groups is 1. The van der Waals surface area contributed by atoms with E-state index in [1.807, 2.05) is 13.8 Å². The Morgan fingerprint density at radius 3 is 2.64 bits per heavy atom. The molecule has 7 heteroatoms. The summed E-state index contributed by atoms with van der Waals surface area (Å²) in [5.41, 5.74) is 0. The van der Waals surface area contributed by atoms with E-state index in [9.17, 15) is 18.0 Å². The number of rotatable bonds is 6. The summed E-state index contributed by atoms with van der Waals surface area (Å²) in [5.74, 6) is -0.323. The molecule has 0 aromatic heterocycles. The summed E-state index contributed by atoms with van der Waals surface area (Å²) in [5, 5.41) is 1.13. The topological polar surface area (TPSA) is 38.8 Å². The Hall–Kier alpha value is -0.820. The third-order valence-corrected chi connectivity index (χ3v) is 4.12. The van der Waals surface area contributed by atoms with E-state index in [4.69, 9.17) is 9.57 Å². The number of nitrogens with zero attached hydrogens (tertiary/aromatic N) is 1. The highest BCUT2D eigenvalue weighted by molar-refractivity contribution is 5.84. The third kappa shape index (κ3) is 4.59. The summed E-state index contributed by atoms with van der Waals surface area (Å²) in [4.78, 5) is 17.7. The zero-order valence-corrected chi connectivity index (χ0v) is 13.1. The molecule has 3 atom stereocenters. The van der Waals surface area contributed by atoms with Gasteiger partial charge in [0.2, 0.25) is 0 Å². The Bertz CT molecular complexity index is 381. The minimum absolute atomic E-state index is 0.112. The van der Waals surface area contributed by atoms with Crippen LogP contribution in [0.1, 0.15) is 52.4 Å². The first-order valence-electron chi connectivity index (χ1n) is 7.96. The maximum Gasteiger partial charge on any atom is 0.389 e. The van der Waals surface area contributed by atoms with Gasteiger partial charge in [0.15, 0.2) is 6.29 Å². The predicted octanol–water partition coefficient (Wildman–Crippen LogP) is 3.66. The summed E-state index contributed by atoms with van der Waals surface area (Å²) >= 11 is 0. The lowest BCUT2D eigenvalue weighted by Gasteiger charge is -2.47. The van der Waals surface area contributed by atoms with Crippen molar-refractivity contribution in [2.24, 2.45) is 11.8 Å². The average Bonchev–Trinajstić information content (AvgIpc) is 2.44. The first-order chi connectivity index (χ1) is 10.3. The number of halogens is 3. The van der Waals surface area contributed by atoms with Crippen LogP contribution >= 0.6 is 0 Å². The Morgan fingerprint density at radius 2 is 2.09 bits per heavy atom. The Kier molecular flexibility index (Phi) is 5.71. The number of hydroxylamine groups is 2. The van der Waals surface area contributed by atoms with E-state index in [0.29, 0.717) is 19.4 Å². The van der Waals surface area contributed by atoms with Crippen molar-refractivity contribution in [3.63, 3.8) is 0 Å². The molecule has 0 spiro atoms. The van der Waals surface area contributed by atoms with Crippen molar-refractivity contribution in [1.82, 2.24) is 5.06 Å². The fraction of sp³-hybridized carbons (Fsp3) is 0.933. The molecule has 128 valence electrons. The second-order valence-corrected chi connectivity index (χ2v) is 6.52. The van der Waals surface area contributed by atoms with E-state index in [0.717, 1.165) is 17.9 Å². The minimum atomic E-state index is -4.21. The number of alkyl halides is 3. The van der Waals surface area contributed by atoms with Crippen molar-refractivity contribution in [2.45, 2.75) is 70.9 Å². The highest BCUT2D eigenvalue weighted by Crippen LogP contribution is 2.38. The van der Waals surface area contributed by atoms with Crippen molar-refractivity contribution < 1.29 is 27.5 Å². The van der Waals surface area contributed by atoms with Gasteiger partial charge in [-0.1, -0.05) is 13.8 Å². The predicted molar refractivity (Wildman–Crippen MR) is 73.5 cm³/mol. The van der Waals surface area contributed by atoms with Gasteiger partial charge < -0.3 is 4.74 Å². The van der Waals surface area contributed by atoms with E-state index in [-0.39, 0.29) is 24.2 Å². The molecule has 0 radical (unpaired) electrons. The van der Waals surface area contributed by atoms with Crippen LogP contribution in [0, 0.1) is 11.8 Å². The van der Waals surface area contributed by atoms with Crippen molar-refractivity contribution in [2.75, 3.05) is 6.61 Å². The van der Waals surface area contributed by atoms with Crippen LogP contribution in [0.25, 0.3) is 0 Å². The molecule has 2 heterocycles. The lowest BCUT2D eigenvalue weighted by atomic mass is 9.80. The van der Waals surface area contributed by atoms with Gasteiger partial charge in [0, 0.05) is 19.4 Å². The second kappa shape index (κ2) is 7.17. The zero-order valence-electron chi connectivity index (χ0n) is 13.1. The van der Waals surface area contributed by atoms with Crippen molar-refractivity contribution in [3.8, 4) is 0 Å². The number of ether oxygens (including phenoxy) is 1. The molecule has 2 rings (SSSR count). The van der Waals surface area contributed by atoms with Gasteiger partial charge in [0.05, 0.1) is 12.0 Å². The van der Waals surface area contributed by atoms with Crippen molar-refractivity contribution >= 4 is 5.91 Å². The summed E-state index contributed by atoms with van der Waals surface area (Å²) in [6.07, 6.45) is -2.59. The Morgan fingerprint density at radius 1 is 1.36 bits per heavy atom. The average molecular weight is 323 g/mol. The highest BCUT2D eigenvalue weighted by atomic mass is 19.4. The van der Waals surface area contributed by atoms with Gasteiger partial charge >= 0.3 is 6.18 Å². The molecule has 0 aromatic carbocycles. The van der Waals surface area contributed by atoms with Crippen LogP contribution in [0.3, 0.4) is 0 Å². The molecular weight excluding hydrogens is 299 g/mol. The van der Waals surface area contributed by atoms with Crippen molar-refractivity contribution in [1.29, 1.82) is 0 Å². The maximum absolute atomic E-state index is 12.5. The number of β-lactam (4-membered cyclic amide) rings is 1. The number of hydrogen-bond donors (Lipinski definition) is 0. The third-order valence-electron chi connectivity index (χ3n) is 4.12. The van der Waals surface area contributed by atoms with E-state index in [1.54, 1.807) is 0 Å². The molecule has 0 aromatic rings. The van der Waals surface area contributed by atoms with Crippen LogP contribution in [-0.4, -0.2) is 36.1 Å². The van der Waals surface area contributed by atoms with Crippen LogP contribution in [0.5, 0.6) is 0 Å². The van der Waals surface area contributed by atoms with Gasteiger partial charge in [0.1, 0.15) is 0 Å². The van der Waals surface area contributed by atoms with Gasteiger partial charge in [0.25, 0.3) is 5.91 Å². The highest BCUT2D eigenvalue weighted by Gasteiger charge is 2.50. The van der Waals surface area contributed by atoms with Gasteiger partial charge in [-0.15, -0.1) is 0 Å². The van der Waals surface area contributed by atoms with Crippen LogP contribution in [0.15, 0.2) is 0 Å². The molecule has 2 saturated heterocycles. The zero-order chi connectivity index (χ0) is 16.3. The fourth-order valence-corrected chi connectivity index (χ4v) is 3.02. The fourth-order valence-electron chi connectivity index (χ4n) is 3.02. The molecule has 2 aliphatic rings. The Labute approximate surface area is 128 Å². The first kappa shape index (κ1) is 17.5. The molecule has 3 unspecified atom stereocenters. The van der Waals surface area contributed by atoms with Gasteiger partial charge in [-0.3, -0.25) is 4.79 Å². The summed E-state index contributed by atoms with van der Waals surface area (Å²) in [6, 6.07) is -0.498. The normalized spacial score (nSPS) is 29.8. The van der Waals surface area contributed by atoms with Crippen molar-refractivity contribution in [3.05, 3.63) is 0 Å². The molecule has 0 N–H and O–H groups in total. The molecule has 2 aliphatic heterocycles. The van der Waals surface area contributed by atoms with Crippen LogP contribution < -0.4 is 0 Å². The maximum atomic E-state index is 12.5. The van der Waals surface area contributed by atoms with Gasteiger partial charge in [-0.05, 0) is 31.6 Å². The molecule has 4 nitrogen and oxygen atoms in total.